The van der Waals surface area contributed by atoms with Gasteiger partial charge in [-0.2, -0.15) is 0 Å². The van der Waals surface area contributed by atoms with Gasteiger partial charge in [0.05, 0.1) is 24.2 Å². The molecule has 3 aromatic heterocycles. The van der Waals surface area contributed by atoms with Gasteiger partial charge < -0.3 is 14.1 Å². The highest BCUT2D eigenvalue weighted by atomic mass is 35.5. The van der Waals surface area contributed by atoms with Crippen molar-refractivity contribution in [3.05, 3.63) is 108 Å². The van der Waals surface area contributed by atoms with Crippen LogP contribution in [0.5, 0.6) is 0 Å². The van der Waals surface area contributed by atoms with Gasteiger partial charge in [0.25, 0.3) is 0 Å². The smallest absolute Gasteiger partial charge is 0.220 e. The molecule has 0 aliphatic heterocycles. The minimum Gasteiger partial charge on any atom is -0.467 e. The molecule has 5 nitrogen and oxygen atoms in total. The maximum absolute atomic E-state index is 12.6. The SMILES string of the molecule is O=C(CCc1c(-c2ccccc2)nc2ccc(-c3ccccc3Cl)cn12)NCc1ccco1. The molecule has 1 N–H and O–H groups in total. The van der Waals surface area contributed by atoms with Gasteiger partial charge in [-0.1, -0.05) is 60.1 Å². The van der Waals surface area contributed by atoms with E-state index in [0.29, 0.717) is 24.4 Å². The van der Waals surface area contributed by atoms with E-state index in [-0.39, 0.29) is 5.91 Å². The van der Waals surface area contributed by atoms with Crippen LogP contribution in [0.15, 0.2) is 95.7 Å². The monoisotopic (exact) mass is 455 g/mol. The van der Waals surface area contributed by atoms with E-state index in [1.807, 2.05) is 85.1 Å². The van der Waals surface area contributed by atoms with Crippen molar-refractivity contribution in [2.75, 3.05) is 0 Å². The van der Waals surface area contributed by atoms with E-state index in [1.165, 1.54) is 0 Å². The number of hydrogen-bond acceptors (Lipinski definition) is 3. The molecule has 6 heteroatoms. The third-order valence-corrected chi connectivity index (χ3v) is 5.91. The zero-order chi connectivity index (χ0) is 22.6. The number of nitrogens with zero attached hydrogens (tertiary/aromatic N) is 2. The molecule has 0 atom stereocenters. The van der Waals surface area contributed by atoms with Gasteiger partial charge in [0.2, 0.25) is 5.91 Å². The van der Waals surface area contributed by atoms with Crippen LogP contribution in [0.4, 0.5) is 0 Å². The van der Waals surface area contributed by atoms with E-state index in [0.717, 1.165) is 39.5 Å². The number of hydrogen-bond donors (Lipinski definition) is 1. The molecule has 0 unspecified atom stereocenters. The number of fused-ring (bicyclic) bond motifs is 1. The Morgan fingerprint density at radius 3 is 2.55 bits per heavy atom. The van der Waals surface area contributed by atoms with Crippen molar-refractivity contribution in [3.63, 3.8) is 0 Å². The third-order valence-electron chi connectivity index (χ3n) is 5.58. The van der Waals surface area contributed by atoms with Gasteiger partial charge >= 0.3 is 0 Å². The van der Waals surface area contributed by atoms with Crippen LogP contribution in [-0.2, 0) is 17.8 Å². The fourth-order valence-electron chi connectivity index (χ4n) is 3.93. The summed E-state index contributed by atoms with van der Waals surface area (Å²) in [7, 11) is 0. The molecule has 0 aliphatic carbocycles. The number of imidazole rings is 1. The average molecular weight is 456 g/mol. The van der Waals surface area contributed by atoms with Gasteiger partial charge in [0, 0.05) is 28.8 Å². The number of aryl methyl sites for hydroxylation is 1. The van der Waals surface area contributed by atoms with Crippen LogP contribution in [0.3, 0.4) is 0 Å². The van der Waals surface area contributed by atoms with E-state index in [4.69, 9.17) is 21.0 Å². The molecule has 0 aliphatic rings. The molecule has 33 heavy (non-hydrogen) atoms. The first-order valence-electron chi connectivity index (χ1n) is 10.8. The standard InChI is InChI=1S/C27H22ClN3O2/c28-23-11-5-4-10-22(23)20-12-14-25-30-27(19-7-2-1-3-8-19)24(31(25)18-20)13-15-26(32)29-17-21-9-6-16-33-21/h1-12,14,16,18H,13,15,17H2,(H,29,32). The van der Waals surface area contributed by atoms with Crippen LogP contribution in [0.25, 0.3) is 28.0 Å². The number of benzene rings is 2. The van der Waals surface area contributed by atoms with Gasteiger partial charge in [0.15, 0.2) is 0 Å². The summed E-state index contributed by atoms with van der Waals surface area (Å²) in [5.74, 6) is 0.690. The van der Waals surface area contributed by atoms with E-state index >= 15 is 0 Å². The summed E-state index contributed by atoms with van der Waals surface area (Å²) in [6.45, 7) is 0.376. The fourth-order valence-corrected chi connectivity index (χ4v) is 4.18. The van der Waals surface area contributed by atoms with Gasteiger partial charge in [0.1, 0.15) is 11.4 Å². The fraction of sp³-hybridized carbons (Fsp3) is 0.111. The number of halogens is 1. The number of aromatic nitrogens is 2. The predicted octanol–water partition coefficient (Wildman–Crippen LogP) is 6.16. The van der Waals surface area contributed by atoms with Crippen molar-refractivity contribution >= 4 is 23.2 Å². The Bertz CT molecular complexity index is 1390. The van der Waals surface area contributed by atoms with Crippen LogP contribution in [0, 0.1) is 0 Å². The predicted molar refractivity (Wildman–Crippen MR) is 130 cm³/mol. The first-order valence-corrected chi connectivity index (χ1v) is 11.2. The summed E-state index contributed by atoms with van der Waals surface area (Å²) in [6, 6.07) is 25.5. The van der Waals surface area contributed by atoms with Crippen LogP contribution in [0.2, 0.25) is 5.02 Å². The first-order chi connectivity index (χ1) is 16.2. The Labute approximate surface area is 196 Å². The minimum atomic E-state index is -0.0392. The second-order valence-electron chi connectivity index (χ2n) is 7.76. The van der Waals surface area contributed by atoms with E-state index in [2.05, 4.69) is 9.72 Å². The summed E-state index contributed by atoms with van der Waals surface area (Å²) >= 11 is 6.45. The number of carbonyl (C=O) groups excluding carboxylic acids is 1. The molecular weight excluding hydrogens is 434 g/mol. The lowest BCUT2D eigenvalue weighted by Gasteiger charge is -2.09. The Hall–Kier alpha value is -3.83. The summed E-state index contributed by atoms with van der Waals surface area (Å²) < 4.78 is 7.36. The van der Waals surface area contributed by atoms with Crippen molar-refractivity contribution in [1.29, 1.82) is 0 Å². The van der Waals surface area contributed by atoms with Gasteiger partial charge in [-0.15, -0.1) is 0 Å². The molecule has 3 heterocycles. The number of pyridine rings is 1. The summed E-state index contributed by atoms with van der Waals surface area (Å²) in [5.41, 5.74) is 5.66. The maximum Gasteiger partial charge on any atom is 0.220 e. The number of nitrogens with one attached hydrogen (secondary N) is 1. The lowest BCUT2D eigenvalue weighted by molar-refractivity contribution is -0.121. The molecule has 164 valence electrons. The molecule has 1 amide bonds. The van der Waals surface area contributed by atoms with Gasteiger partial charge in [-0.25, -0.2) is 4.98 Å². The zero-order valence-corrected chi connectivity index (χ0v) is 18.6. The van der Waals surface area contributed by atoms with Crippen molar-refractivity contribution < 1.29 is 9.21 Å². The van der Waals surface area contributed by atoms with Crippen molar-refractivity contribution in [1.82, 2.24) is 14.7 Å². The molecule has 0 spiro atoms. The molecule has 2 aromatic carbocycles. The topological polar surface area (TPSA) is 59.5 Å². The third kappa shape index (κ3) is 4.54. The summed E-state index contributed by atoms with van der Waals surface area (Å²) in [6.07, 6.45) is 4.53. The van der Waals surface area contributed by atoms with E-state index in [1.54, 1.807) is 6.26 Å². The number of furan rings is 1. The first kappa shape index (κ1) is 21.0. The Kier molecular flexibility index (Phi) is 5.96. The van der Waals surface area contributed by atoms with Gasteiger partial charge in [-0.3, -0.25) is 4.79 Å². The second-order valence-corrected chi connectivity index (χ2v) is 8.16. The quantitative estimate of drug-likeness (QED) is 0.319. The van der Waals surface area contributed by atoms with Crippen molar-refractivity contribution in [2.45, 2.75) is 19.4 Å². The summed E-state index contributed by atoms with van der Waals surface area (Å²) in [4.78, 5) is 17.4. The molecule has 0 saturated carbocycles. The van der Waals surface area contributed by atoms with Crippen LogP contribution in [0.1, 0.15) is 17.9 Å². The highest BCUT2D eigenvalue weighted by Gasteiger charge is 2.16. The van der Waals surface area contributed by atoms with E-state index < -0.39 is 0 Å². The molecule has 0 fully saturated rings. The molecule has 0 radical (unpaired) electrons. The maximum atomic E-state index is 12.6. The number of rotatable bonds is 7. The molecule has 0 saturated heterocycles. The molecule has 5 aromatic rings. The normalized spacial score (nSPS) is 11.1. The highest BCUT2D eigenvalue weighted by molar-refractivity contribution is 6.33. The lowest BCUT2D eigenvalue weighted by atomic mass is 10.1. The van der Waals surface area contributed by atoms with Crippen LogP contribution in [-0.4, -0.2) is 15.3 Å². The van der Waals surface area contributed by atoms with Crippen molar-refractivity contribution in [2.24, 2.45) is 0 Å². The number of carbonyl (C=O) groups is 1. The molecule has 5 rings (SSSR count). The Balaban J connectivity index is 1.49. The summed E-state index contributed by atoms with van der Waals surface area (Å²) in [5, 5.41) is 3.61. The molecule has 0 bridgehead atoms. The lowest BCUT2D eigenvalue weighted by Crippen LogP contribution is -2.23. The molecular formula is C27H22ClN3O2. The zero-order valence-electron chi connectivity index (χ0n) is 17.9. The van der Waals surface area contributed by atoms with Crippen LogP contribution < -0.4 is 5.32 Å². The Morgan fingerprint density at radius 1 is 0.939 bits per heavy atom. The second kappa shape index (κ2) is 9.35. The minimum absolute atomic E-state index is 0.0392. The van der Waals surface area contributed by atoms with Gasteiger partial charge in [-0.05, 0) is 42.3 Å². The highest BCUT2D eigenvalue weighted by Crippen LogP contribution is 2.31. The van der Waals surface area contributed by atoms with Crippen LogP contribution >= 0.6 is 11.6 Å². The van der Waals surface area contributed by atoms with Crippen molar-refractivity contribution in [3.8, 4) is 22.4 Å². The average Bonchev–Trinajstić information content (AvgIpc) is 3.50. The largest absolute Gasteiger partial charge is 0.467 e. The van der Waals surface area contributed by atoms with E-state index in [9.17, 15) is 4.79 Å². The number of amides is 1. The Morgan fingerprint density at radius 2 is 1.76 bits per heavy atom.